The van der Waals surface area contributed by atoms with Crippen molar-refractivity contribution >= 4 is 40.0 Å². The third kappa shape index (κ3) is 3.29. The van der Waals surface area contributed by atoms with Crippen LogP contribution in [0.3, 0.4) is 0 Å². The van der Waals surface area contributed by atoms with E-state index in [1.807, 2.05) is 25.1 Å². The topological polar surface area (TPSA) is 52.0 Å². The molecule has 1 saturated carbocycles. The van der Waals surface area contributed by atoms with E-state index in [1.54, 1.807) is 34.9 Å². The quantitative estimate of drug-likeness (QED) is 0.362. The number of benzene rings is 2. The predicted octanol–water partition coefficient (Wildman–Crippen LogP) is 4.75. The molecule has 1 unspecified atom stereocenters. The van der Waals surface area contributed by atoms with Gasteiger partial charge in [-0.05, 0) is 56.2 Å². The summed E-state index contributed by atoms with van der Waals surface area (Å²) in [6, 6.07) is 14.4. The highest BCUT2D eigenvalue weighted by Crippen LogP contribution is 2.38. The minimum atomic E-state index is -0.353. The fourth-order valence-corrected chi connectivity index (χ4v) is 4.11. The summed E-state index contributed by atoms with van der Waals surface area (Å²) in [5.41, 5.74) is 1.25. The van der Waals surface area contributed by atoms with E-state index in [0.29, 0.717) is 26.6 Å². The van der Waals surface area contributed by atoms with Gasteiger partial charge in [-0.1, -0.05) is 35.5 Å². The molecule has 0 aliphatic heterocycles. The summed E-state index contributed by atoms with van der Waals surface area (Å²) in [6.45, 7) is 1.85. The first-order valence-corrected chi connectivity index (χ1v) is 9.78. The van der Waals surface area contributed by atoms with Crippen molar-refractivity contribution in [1.29, 1.82) is 0 Å². The Bertz CT molecular complexity index is 1040. The van der Waals surface area contributed by atoms with Gasteiger partial charge in [0.1, 0.15) is 0 Å². The molecule has 0 N–H and O–H groups in total. The maximum atomic E-state index is 12.9. The number of thioether (sulfide) groups is 1. The number of aromatic nitrogens is 2. The van der Waals surface area contributed by atoms with E-state index in [9.17, 15) is 9.59 Å². The highest BCUT2D eigenvalue weighted by atomic mass is 35.5. The van der Waals surface area contributed by atoms with Gasteiger partial charge in [0, 0.05) is 16.6 Å². The Labute approximate surface area is 160 Å². The molecule has 26 heavy (non-hydrogen) atoms. The van der Waals surface area contributed by atoms with Gasteiger partial charge in [-0.2, -0.15) is 0 Å². The number of hydrogen-bond donors (Lipinski definition) is 0. The van der Waals surface area contributed by atoms with Crippen LogP contribution in [0.25, 0.3) is 10.9 Å². The Morgan fingerprint density at radius 3 is 2.58 bits per heavy atom. The smallest absolute Gasteiger partial charge is 0.262 e. The van der Waals surface area contributed by atoms with Gasteiger partial charge in [-0.15, -0.1) is 0 Å². The van der Waals surface area contributed by atoms with Crippen molar-refractivity contribution in [3.63, 3.8) is 0 Å². The molecular formula is C20H17ClN2O2S. The number of hydrogen-bond acceptors (Lipinski definition) is 4. The van der Waals surface area contributed by atoms with Crippen molar-refractivity contribution in [3.05, 3.63) is 69.5 Å². The van der Waals surface area contributed by atoms with Crippen molar-refractivity contribution < 1.29 is 4.79 Å². The number of ketones is 1. The van der Waals surface area contributed by atoms with Crippen LogP contribution in [0.15, 0.2) is 58.5 Å². The van der Waals surface area contributed by atoms with Crippen LogP contribution >= 0.6 is 23.4 Å². The lowest BCUT2D eigenvalue weighted by Gasteiger charge is -2.15. The Kier molecular flexibility index (Phi) is 4.59. The van der Waals surface area contributed by atoms with Crippen molar-refractivity contribution in [2.75, 3.05) is 0 Å². The maximum absolute atomic E-state index is 12.9. The summed E-state index contributed by atoms with van der Waals surface area (Å²) >= 11 is 7.24. The van der Waals surface area contributed by atoms with Crippen LogP contribution < -0.4 is 5.56 Å². The Balaban J connectivity index is 1.70. The Hall–Kier alpha value is -2.11. The monoisotopic (exact) mass is 384 g/mol. The van der Waals surface area contributed by atoms with Crippen molar-refractivity contribution in [2.24, 2.45) is 0 Å². The standard InChI is InChI=1S/C20H17ClN2O2S/c1-12(18(24)13-6-8-14(21)9-7-13)26-20-22-17-5-3-2-4-16(17)19(25)23(20)15-10-11-15/h2-9,12,15H,10-11H2,1H3. The van der Waals surface area contributed by atoms with Crippen LogP contribution in [0.4, 0.5) is 0 Å². The Morgan fingerprint density at radius 1 is 1.19 bits per heavy atom. The van der Waals surface area contributed by atoms with Crippen LogP contribution in [-0.2, 0) is 0 Å². The molecule has 0 amide bonds. The van der Waals surface area contributed by atoms with E-state index in [2.05, 4.69) is 4.98 Å². The van der Waals surface area contributed by atoms with Gasteiger partial charge in [-0.3, -0.25) is 14.2 Å². The van der Waals surface area contributed by atoms with E-state index in [4.69, 9.17) is 11.6 Å². The number of nitrogens with zero attached hydrogens (tertiary/aromatic N) is 2. The molecule has 1 fully saturated rings. The molecule has 2 aromatic carbocycles. The number of carbonyl (C=O) groups is 1. The summed E-state index contributed by atoms with van der Waals surface area (Å²) in [7, 11) is 0. The van der Waals surface area contributed by atoms with Gasteiger partial charge in [0.25, 0.3) is 5.56 Å². The SMILES string of the molecule is CC(Sc1nc2ccccc2c(=O)n1C1CC1)C(=O)c1ccc(Cl)cc1. The first-order valence-electron chi connectivity index (χ1n) is 8.52. The molecule has 0 radical (unpaired) electrons. The van der Waals surface area contributed by atoms with Crippen LogP contribution in [0, 0.1) is 0 Å². The molecule has 4 rings (SSSR count). The molecule has 0 bridgehead atoms. The zero-order valence-corrected chi connectivity index (χ0v) is 15.8. The van der Waals surface area contributed by atoms with Crippen LogP contribution in [0.2, 0.25) is 5.02 Å². The largest absolute Gasteiger partial charge is 0.293 e. The molecule has 1 heterocycles. The first kappa shape index (κ1) is 17.3. The highest BCUT2D eigenvalue weighted by Gasteiger charge is 2.30. The molecule has 0 saturated heterocycles. The average Bonchev–Trinajstić information content (AvgIpc) is 3.47. The fraction of sp³-hybridized carbons (Fsp3) is 0.250. The van der Waals surface area contributed by atoms with Gasteiger partial charge < -0.3 is 0 Å². The summed E-state index contributed by atoms with van der Waals surface area (Å²) in [4.78, 5) is 30.3. The van der Waals surface area contributed by atoms with E-state index in [1.165, 1.54) is 11.8 Å². The number of fused-ring (bicyclic) bond motifs is 1. The lowest BCUT2D eigenvalue weighted by molar-refractivity contribution is 0.0994. The molecule has 1 aliphatic carbocycles. The lowest BCUT2D eigenvalue weighted by atomic mass is 10.1. The van der Waals surface area contributed by atoms with Gasteiger partial charge >= 0.3 is 0 Å². The summed E-state index contributed by atoms with van der Waals surface area (Å²) in [6.07, 6.45) is 1.96. The minimum Gasteiger partial charge on any atom is -0.293 e. The normalized spacial score (nSPS) is 15.2. The second-order valence-electron chi connectivity index (χ2n) is 6.45. The second-order valence-corrected chi connectivity index (χ2v) is 8.19. The predicted molar refractivity (Wildman–Crippen MR) is 105 cm³/mol. The summed E-state index contributed by atoms with van der Waals surface area (Å²) in [5.74, 6) is -0.00331. The van der Waals surface area contributed by atoms with Gasteiger partial charge in [0.05, 0.1) is 16.2 Å². The van der Waals surface area contributed by atoms with E-state index >= 15 is 0 Å². The number of carbonyl (C=O) groups excluding carboxylic acids is 1. The summed E-state index contributed by atoms with van der Waals surface area (Å²) < 4.78 is 1.76. The molecular weight excluding hydrogens is 368 g/mol. The van der Waals surface area contributed by atoms with Gasteiger partial charge in [-0.25, -0.2) is 4.98 Å². The van der Waals surface area contributed by atoms with E-state index in [0.717, 1.165) is 12.8 Å². The third-order valence-electron chi connectivity index (χ3n) is 4.47. The molecule has 132 valence electrons. The lowest BCUT2D eigenvalue weighted by Crippen LogP contribution is -2.24. The number of halogens is 1. The van der Waals surface area contributed by atoms with Crippen LogP contribution in [-0.4, -0.2) is 20.6 Å². The molecule has 3 aromatic rings. The number of para-hydroxylation sites is 1. The van der Waals surface area contributed by atoms with Crippen molar-refractivity contribution in [1.82, 2.24) is 9.55 Å². The molecule has 1 atom stereocenters. The zero-order valence-electron chi connectivity index (χ0n) is 14.2. The Morgan fingerprint density at radius 2 is 1.88 bits per heavy atom. The number of Topliss-reactive ketones (excluding diaryl/α,β-unsaturated/α-hetero) is 1. The minimum absolute atomic E-state index is 0.00331. The number of rotatable bonds is 5. The summed E-state index contributed by atoms with van der Waals surface area (Å²) in [5, 5.41) is 1.49. The third-order valence-corrected chi connectivity index (χ3v) is 5.79. The van der Waals surface area contributed by atoms with E-state index in [-0.39, 0.29) is 22.6 Å². The average molecular weight is 385 g/mol. The zero-order chi connectivity index (χ0) is 18.3. The van der Waals surface area contributed by atoms with Crippen LogP contribution in [0.1, 0.15) is 36.2 Å². The maximum Gasteiger partial charge on any atom is 0.262 e. The van der Waals surface area contributed by atoms with Gasteiger partial charge in [0.2, 0.25) is 0 Å². The second kappa shape index (κ2) is 6.89. The first-order chi connectivity index (χ1) is 12.5. The van der Waals surface area contributed by atoms with Crippen molar-refractivity contribution in [2.45, 2.75) is 36.2 Å². The molecule has 1 aliphatic rings. The highest BCUT2D eigenvalue weighted by molar-refractivity contribution is 8.00. The molecule has 1 aromatic heterocycles. The van der Waals surface area contributed by atoms with Crippen LogP contribution in [0.5, 0.6) is 0 Å². The molecule has 0 spiro atoms. The molecule has 4 nitrogen and oxygen atoms in total. The fourth-order valence-electron chi connectivity index (χ4n) is 2.92. The van der Waals surface area contributed by atoms with Gasteiger partial charge in [0.15, 0.2) is 10.9 Å². The van der Waals surface area contributed by atoms with E-state index < -0.39 is 0 Å². The van der Waals surface area contributed by atoms with Crippen molar-refractivity contribution in [3.8, 4) is 0 Å². The molecule has 6 heteroatoms.